The van der Waals surface area contributed by atoms with Crippen LogP contribution in [0.4, 0.5) is 5.13 Å². The van der Waals surface area contributed by atoms with Gasteiger partial charge in [-0.15, -0.1) is 10.2 Å². The highest BCUT2D eigenvalue weighted by molar-refractivity contribution is 7.15. The van der Waals surface area contributed by atoms with Crippen molar-refractivity contribution in [2.45, 2.75) is 76.2 Å². The van der Waals surface area contributed by atoms with Gasteiger partial charge in [0.05, 0.1) is 6.54 Å². The molecule has 5 nitrogen and oxygen atoms in total. The first-order valence-electron chi connectivity index (χ1n) is 9.06. The molecular weight excluding hydrogens is 308 g/mol. The molecule has 3 rings (SSSR count). The van der Waals surface area contributed by atoms with Gasteiger partial charge in [-0.3, -0.25) is 15.0 Å². The second kappa shape index (κ2) is 8.20. The molecule has 23 heavy (non-hydrogen) atoms. The minimum Gasteiger partial charge on any atom is -0.299 e. The largest absolute Gasteiger partial charge is 0.299 e. The zero-order chi connectivity index (χ0) is 16.1. The Bertz CT molecular complexity index is 506. The molecule has 0 aromatic carbocycles. The van der Waals surface area contributed by atoms with Gasteiger partial charge in [-0.1, -0.05) is 49.9 Å². The summed E-state index contributed by atoms with van der Waals surface area (Å²) in [5.41, 5.74) is 0. The minimum absolute atomic E-state index is 0.0319. The number of carbonyl (C=O) groups is 1. The summed E-state index contributed by atoms with van der Waals surface area (Å²) < 4.78 is 0. The summed E-state index contributed by atoms with van der Waals surface area (Å²) in [7, 11) is 2.06. The lowest BCUT2D eigenvalue weighted by Crippen LogP contribution is -2.39. The summed E-state index contributed by atoms with van der Waals surface area (Å²) in [6, 6.07) is 0.557. The normalized spacial score (nSPS) is 20.8. The van der Waals surface area contributed by atoms with Crippen LogP contribution in [0.1, 0.15) is 75.1 Å². The van der Waals surface area contributed by atoms with Crippen molar-refractivity contribution >= 4 is 22.4 Å². The van der Waals surface area contributed by atoms with Crippen LogP contribution < -0.4 is 5.32 Å². The molecule has 0 spiro atoms. The number of amides is 1. The number of rotatable bonds is 5. The molecule has 128 valence electrons. The van der Waals surface area contributed by atoms with Crippen LogP contribution >= 0.6 is 11.3 Å². The van der Waals surface area contributed by atoms with Crippen LogP contribution in [0.2, 0.25) is 0 Å². The van der Waals surface area contributed by atoms with Gasteiger partial charge in [0.15, 0.2) is 0 Å². The molecule has 1 aromatic rings. The monoisotopic (exact) mass is 336 g/mol. The molecule has 2 fully saturated rings. The first-order valence-corrected chi connectivity index (χ1v) is 9.87. The summed E-state index contributed by atoms with van der Waals surface area (Å²) >= 11 is 1.56. The lowest BCUT2D eigenvalue weighted by Gasteiger charge is -2.30. The number of carbonyl (C=O) groups excluding carboxylic acids is 1. The first-order chi connectivity index (χ1) is 11.2. The highest BCUT2D eigenvalue weighted by atomic mass is 32.1. The highest BCUT2D eigenvalue weighted by Gasteiger charge is 2.22. The fraction of sp³-hybridized carbons (Fsp3) is 0.824. The number of nitrogens with zero attached hydrogens (tertiary/aromatic N) is 3. The van der Waals surface area contributed by atoms with E-state index < -0.39 is 0 Å². The third-order valence-electron chi connectivity index (χ3n) is 5.23. The molecule has 0 unspecified atom stereocenters. The third kappa shape index (κ3) is 4.73. The third-order valence-corrected chi connectivity index (χ3v) is 6.23. The van der Waals surface area contributed by atoms with Crippen molar-refractivity contribution in [3.8, 4) is 0 Å². The van der Waals surface area contributed by atoms with E-state index in [0.717, 1.165) is 5.01 Å². The van der Waals surface area contributed by atoms with Crippen molar-refractivity contribution in [3.05, 3.63) is 5.01 Å². The lowest BCUT2D eigenvalue weighted by molar-refractivity contribution is -0.117. The van der Waals surface area contributed by atoms with Gasteiger partial charge in [-0.2, -0.15) is 0 Å². The van der Waals surface area contributed by atoms with Gasteiger partial charge in [0.1, 0.15) is 5.01 Å². The Kier molecular flexibility index (Phi) is 6.00. The Morgan fingerprint density at radius 2 is 1.74 bits per heavy atom. The smallest absolute Gasteiger partial charge is 0.240 e. The molecule has 1 heterocycles. The van der Waals surface area contributed by atoms with E-state index >= 15 is 0 Å². The van der Waals surface area contributed by atoms with Gasteiger partial charge in [0.25, 0.3) is 0 Å². The van der Waals surface area contributed by atoms with Crippen LogP contribution in [0.5, 0.6) is 0 Å². The van der Waals surface area contributed by atoms with Crippen LogP contribution in [0.15, 0.2) is 0 Å². The number of aromatic nitrogens is 2. The number of hydrogen-bond acceptors (Lipinski definition) is 5. The fourth-order valence-electron chi connectivity index (χ4n) is 3.84. The maximum Gasteiger partial charge on any atom is 0.240 e. The topological polar surface area (TPSA) is 58.1 Å². The van der Waals surface area contributed by atoms with Crippen molar-refractivity contribution in [1.82, 2.24) is 15.1 Å². The summed E-state index contributed by atoms with van der Waals surface area (Å²) in [5, 5.41) is 13.2. The molecule has 0 aliphatic heterocycles. The summed E-state index contributed by atoms with van der Waals surface area (Å²) in [5.74, 6) is 0.584. The molecule has 0 atom stereocenters. The van der Waals surface area contributed by atoms with Crippen molar-refractivity contribution < 1.29 is 4.79 Å². The second-order valence-electron chi connectivity index (χ2n) is 7.04. The average molecular weight is 337 g/mol. The minimum atomic E-state index is 0.0319. The number of nitrogens with one attached hydrogen (secondary N) is 1. The van der Waals surface area contributed by atoms with Gasteiger partial charge >= 0.3 is 0 Å². The molecule has 1 N–H and O–H groups in total. The fourth-order valence-corrected chi connectivity index (χ4v) is 4.76. The van der Waals surface area contributed by atoms with Crippen LogP contribution in [0.25, 0.3) is 0 Å². The SMILES string of the molecule is CN(CC(=O)Nc1nnc(C2CCCCC2)s1)C1CCCCC1. The predicted molar refractivity (Wildman–Crippen MR) is 93.9 cm³/mol. The van der Waals surface area contributed by atoms with E-state index in [0.29, 0.717) is 23.6 Å². The number of likely N-dealkylation sites (N-methyl/N-ethyl adjacent to an activating group) is 1. The number of hydrogen-bond donors (Lipinski definition) is 1. The highest BCUT2D eigenvalue weighted by Crippen LogP contribution is 2.35. The van der Waals surface area contributed by atoms with Gasteiger partial charge in [-0.25, -0.2) is 0 Å². The van der Waals surface area contributed by atoms with Crippen molar-refractivity contribution in [2.24, 2.45) is 0 Å². The Hall–Kier alpha value is -1.01. The maximum absolute atomic E-state index is 12.2. The predicted octanol–water partition coefficient (Wildman–Crippen LogP) is 3.79. The average Bonchev–Trinajstić information content (AvgIpc) is 3.04. The zero-order valence-electron chi connectivity index (χ0n) is 14.1. The van der Waals surface area contributed by atoms with Gasteiger partial charge in [-0.05, 0) is 32.7 Å². The molecule has 6 heteroatoms. The molecule has 0 saturated heterocycles. The lowest BCUT2D eigenvalue weighted by atomic mass is 9.90. The summed E-state index contributed by atoms with van der Waals surface area (Å²) in [4.78, 5) is 14.4. The van der Waals surface area contributed by atoms with Gasteiger partial charge in [0, 0.05) is 12.0 Å². The Morgan fingerprint density at radius 3 is 2.43 bits per heavy atom. The molecular formula is C17H28N4OS. The molecule has 2 aliphatic carbocycles. The van der Waals surface area contributed by atoms with Crippen LogP contribution in [-0.4, -0.2) is 40.6 Å². The van der Waals surface area contributed by atoms with Crippen LogP contribution in [-0.2, 0) is 4.79 Å². The molecule has 2 saturated carbocycles. The van der Waals surface area contributed by atoms with E-state index in [-0.39, 0.29) is 5.91 Å². The molecule has 0 radical (unpaired) electrons. The summed E-state index contributed by atoms with van der Waals surface area (Å²) in [6.07, 6.45) is 12.7. The van der Waals surface area contributed by atoms with E-state index in [1.165, 1.54) is 64.2 Å². The first kappa shape index (κ1) is 16.8. The Balaban J connectivity index is 1.48. The van der Waals surface area contributed by atoms with E-state index in [4.69, 9.17) is 0 Å². The standard InChI is InChI=1S/C17H28N4OS/c1-21(14-10-6-3-7-11-14)12-15(22)18-17-20-19-16(23-17)13-8-4-2-5-9-13/h13-14H,2-12H2,1H3,(H,18,20,22). The Labute approximate surface area is 142 Å². The van der Waals surface area contributed by atoms with Crippen molar-refractivity contribution in [2.75, 3.05) is 18.9 Å². The van der Waals surface area contributed by atoms with E-state index in [1.54, 1.807) is 11.3 Å². The molecule has 0 bridgehead atoms. The number of anilines is 1. The summed E-state index contributed by atoms with van der Waals surface area (Å²) in [6.45, 7) is 0.447. The van der Waals surface area contributed by atoms with E-state index in [9.17, 15) is 4.79 Å². The second-order valence-corrected chi connectivity index (χ2v) is 8.04. The zero-order valence-corrected chi connectivity index (χ0v) is 14.9. The maximum atomic E-state index is 12.2. The van der Waals surface area contributed by atoms with E-state index in [1.807, 2.05) is 0 Å². The van der Waals surface area contributed by atoms with Crippen LogP contribution in [0.3, 0.4) is 0 Å². The molecule has 1 aromatic heterocycles. The van der Waals surface area contributed by atoms with Crippen molar-refractivity contribution in [3.63, 3.8) is 0 Å². The molecule has 1 amide bonds. The van der Waals surface area contributed by atoms with Gasteiger partial charge < -0.3 is 0 Å². The molecule has 2 aliphatic rings. The van der Waals surface area contributed by atoms with Gasteiger partial charge in [0.2, 0.25) is 11.0 Å². The van der Waals surface area contributed by atoms with Crippen molar-refractivity contribution in [1.29, 1.82) is 0 Å². The quantitative estimate of drug-likeness (QED) is 0.889. The van der Waals surface area contributed by atoms with E-state index in [2.05, 4.69) is 27.5 Å². The van der Waals surface area contributed by atoms with Crippen LogP contribution in [0, 0.1) is 0 Å². The Morgan fingerprint density at radius 1 is 1.09 bits per heavy atom.